The third-order valence-corrected chi connectivity index (χ3v) is 4.56. The molecule has 0 atom stereocenters. The number of hydrogen-bond acceptors (Lipinski definition) is 4. The average Bonchev–Trinajstić information content (AvgIpc) is 3.19. The summed E-state index contributed by atoms with van der Waals surface area (Å²) < 4.78 is 50.5. The van der Waals surface area contributed by atoms with Gasteiger partial charge >= 0.3 is 6.18 Å². The molecule has 1 aromatic heterocycles. The molecule has 1 aromatic carbocycles. The zero-order valence-electron chi connectivity index (χ0n) is 14.4. The Labute approximate surface area is 153 Å². The van der Waals surface area contributed by atoms with Gasteiger partial charge in [-0.3, -0.25) is 9.48 Å². The molecule has 1 saturated carbocycles. The molecule has 2 heterocycles. The summed E-state index contributed by atoms with van der Waals surface area (Å²) in [7, 11) is 0. The van der Waals surface area contributed by atoms with Gasteiger partial charge in [0, 0.05) is 30.3 Å². The molecule has 2 aliphatic rings. The van der Waals surface area contributed by atoms with Crippen molar-refractivity contribution in [3.05, 3.63) is 41.2 Å². The number of halogens is 3. The number of aromatic nitrogens is 2. The minimum Gasteiger partial charge on any atom is -0.454 e. The van der Waals surface area contributed by atoms with E-state index in [0.717, 1.165) is 18.9 Å². The molecule has 144 valence electrons. The predicted octanol–water partition coefficient (Wildman–Crippen LogP) is 3.33. The summed E-state index contributed by atoms with van der Waals surface area (Å²) in [4.78, 5) is 12.2. The molecule has 0 unspecified atom stereocenters. The number of carbonyl (C=O) groups is 1. The second kappa shape index (κ2) is 6.79. The van der Waals surface area contributed by atoms with Gasteiger partial charge in [-0.05, 0) is 43.5 Å². The molecule has 4 rings (SSSR count). The molecule has 0 bridgehead atoms. The highest BCUT2D eigenvalue weighted by molar-refractivity contribution is 5.94. The fraction of sp³-hybridized carbons (Fsp3) is 0.444. The summed E-state index contributed by atoms with van der Waals surface area (Å²) in [6.45, 7) is 0.787. The van der Waals surface area contributed by atoms with Crippen molar-refractivity contribution < 1.29 is 27.4 Å². The number of fused-ring (bicyclic) bond motifs is 1. The summed E-state index contributed by atoms with van der Waals surface area (Å²) in [5.41, 5.74) is 0.217. The molecule has 0 saturated heterocycles. The number of aryl methyl sites for hydroxylation is 1. The Morgan fingerprint density at radius 1 is 1.22 bits per heavy atom. The summed E-state index contributed by atoms with van der Waals surface area (Å²) >= 11 is 0. The summed E-state index contributed by atoms with van der Waals surface area (Å²) in [6, 6.07) is 6.05. The number of hydrogen-bond donors (Lipinski definition) is 1. The maximum atomic E-state index is 12.9. The van der Waals surface area contributed by atoms with Crippen LogP contribution in [0.1, 0.15) is 46.9 Å². The van der Waals surface area contributed by atoms with Crippen LogP contribution in [0.4, 0.5) is 13.2 Å². The average molecular weight is 381 g/mol. The van der Waals surface area contributed by atoms with E-state index in [1.807, 2.05) is 0 Å². The van der Waals surface area contributed by atoms with Crippen LogP contribution in [0.25, 0.3) is 0 Å². The first-order valence-corrected chi connectivity index (χ1v) is 8.74. The number of amides is 1. The SMILES string of the molecule is O=C(NCCCn1nc(C(F)(F)F)cc1C1CC1)c1ccc2c(c1)OCO2. The van der Waals surface area contributed by atoms with Crippen LogP contribution in [-0.2, 0) is 12.7 Å². The summed E-state index contributed by atoms with van der Waals surface area (Å²) in [5, 5.41) is 6.47. The third-order valence-electron chi connectivity index (χ3n) is 4.56. The Morgan fingerprint density at radius 3 is 2.74 bits per heavy atom. The Kier molecular flexibility index (Phi) is 4.45. The van der Waals surface area contributed by atoms with Crippen molar-refractivity contribution in [3.63, 3.8) is 0 Å². The number of alkyl halides is 3. The van der Waals surface area contributed by atoms with Crippen molar-refractivity contribution in [2.75, 3.05) is 13.3 Å². The first-order valence-electron chi connectivity index (χ1n) is 8.74. The molecule has 1 amide bonds. The molecule has 1 N–H and O–H groups in total. The van der Waals surface area contributed by atoms with E-state index < -0.39 is 11.9 Å². The van der Waals surface area contributed by atoms with Gasteiger partial charge in [-0.2, -0.15) is 18.3 Å². The van der Waals surface area contributed by atoms with E-state index in [0.29, 0.717) is 42.3 Å². The maximum absolute atomic E-state index is 12.9. The highest BCUT2D eigenvalue weighted by Gasteiger charge is 2.37. The number of rotatable bonds is 6. The Bertz CT molecular complexity index is 859. The molecular weight excluding hydrogens is 363 g/mol. The van der Waals surface area contributed by atoms with Gasteiger partial charge in [-0.25, -0.2) is 0 Å². The molecule has 0 spiro atoms. The lowest BCUT2D eigenvalue weighted by Gasteiger charge is -2.08. The summed E-state index contributed by atoms with van der Waals surface area (Å²) in [6.07, 6.45) is -2.18. The first kappa shape index (κ1) is 17.7. The van der Waals surface area contributed by atoms with Crippen LogP contribution in [0.2, 0.25) is 0 Å². The quantitative estimate of drug-likeness (QED) is 0.780. The van der Waals surface area contributed by atoms with E-state index >= 15 is 0 Å². The van der Waals surface area contributed by atoms with Crippen LogP contribution in [0.15, 0.2) is 24.3 Å². The third kappa shape index (κ3) is 3.86. The molecule has 27 heavy (non-hydrogen) atoms. The lowest BCUT2D eigenvalue weighted by molar-refractivity contribution is -0.141. The van der Waals surface area contributed by atoms with Crippen LogP contribution in [-0.4, -0.2) is 29.0 Å². The topological polar surface area (TPSA) is 65.4 Å². The Balaban J connectivity index is 1.32. The predicted molar refractivity (Wildman–Crippen MR) is 88.7 cm³/mol. The number of ether oxygens (including phenoxy) is 2. The minimum atomic E-state index is -4.44. The van der Waals surface area contributed by atoms with Crippen LogP contribution < -0.4 is 14.8 Å². The standard InChI is InChI=1S/C18H18F3N3O3/c19-18(20,21)16-9-13(11-2-3-11)24(23-16)7-1-6-22-17(25)12-4-5-14-15(8-12)27-10-26-14/h4-5,8-9,11H,1-3,6-7,10H2,(H,22,25). The largest absolute Gasteiger partial charge is 0.454 e. The second-order valence-corrected chi connectivity index (χ2v) is 6.63. The number of nitrogens with one attached hydrogen (secondary N) is 1. The van der Waals surface area contributed by atoms with Gasteiger partial charge in [-0.15, -0.1) is 0 Å². The fourth-order valence-electron chi connectivity index (χ4n) is 3.03. The van der Waals surface area contributed by atoms with E-state index in [1.165, 1.54) is 4.68 Å². The van der Waals surface area contributed by atoms with Gasteiger partial charge in [0.25, 0.3) is 5.91 Å². The van der Waals surface area contributed by atoms with Crippen LogP contribution >= 0.6 is 0 Å². The van der Waals surface area contributed by atoms with Crippen LogP contribution in [0.5, 0.6) is 11.5 Å². The highest BCUT2D eigenvalue weighted by Crippen LogP contribution is 2.42. The van der Waals surface area contributed by atoms with E-state index in [9.17, 15) is 18.0 Å². The molecule has 2 aromatic rings. The molecule has 1 fully saturated rings. The zero-order valence-corrected chi connectivity index (χ0v) is 14.4. The smallest absolute Gasteiger partial charge is 0.435 e. The molecule has 9 heteroatoms. The van der Waals surface area contributed by atoms with Crippen molar-refractivity contribution in [3.8, 4) is 11.5 Å². The number of carbonyl (C=O) groups excluding carboxylic acids is 1. The lowest BCUT2D eigenvalue weighted by atomic mass is 10.2. The van der Waals surface area contributed by atoms with Crippen molar-refractivity contribution in [2.24, 2.45) is 0 Å². The van der Waals surface area contributed by atoms with E-state index in [4.69, 9.17) is 9.47 Å². The van der Waals surface area contributed by atoms with Crippen molar-refractivity contribution in [2.45, 2.75) is 37.9 Å². The molecule has 1 aliphatic carbocycles. The first-order chi connectivity index (χ1) is 12.9. The molecule has 0 radical (unpaired) electrons. The lowest BCUT2D eigenvalue weighted by Crippen LogP contribution is -2.25. The Morgan fingerprint density at radius 2 is 2.00 bits per heavy atom. The minimum absolute atomic E-state index is 0.132. The van der Waals surface area contributed by atoms with Gasteiger partial charge in [0.2, 0.25) is 6.79 Å². The maximum Gasteiger partial charge on any atom is 0.435 e. The molecule has 1 aliphatic heterocycles. The van der Waals surface area contributed by atoms with E-state index in [2.05, 4.69) is 10.4 Å². The van der Waals surface area contributed by atoms with Crippen LogP contribution in [0.3, 0.4) is 0 Å². The second-order valence-electron chi connectivity index (χ2n) is 6.63. The fourth-order valence-corrected chi connectivity index (χ4v) is 3.03. The van der Waals surface area contributed by atoms with Gasteiger partial charge in [0.05, 0.1) is 0 Å². The van der Waals surface area contributed by atoms with E-state index in [-0.39, 0.29) is 18.6 Å². The molecule has 6 nitrogen and oxygen atoms in total. The Hall–Kier alpha value is -2.71. The summed E-state index contributed by atoms with van der Waals surface area (Å²) in [5.74, 6) is 1.01. The van der Waals surface area contributed by atoms with Crippen molar-refractivity contribution >= 4 is 5.91 Å². The van der Waals surface area contributed by atoms with Crippen molar-refractivity contribution in [1.29, 1.82) is 0 Å². The number of benzene rings is 1. The van der Waals surface area contributed by atoms with Gasteiger partial charge in [0.1, 0.15) is 0 Å². The van der Waals surface area contributed by atoms with Gasteiger partial charge in [-0.1, -0.05) is 0 Å². The normalized spacial score (nSPS) is 15.8. The highest BCUT2D eigenvalue weighted by atomic mass is 19.4. The van der Waals surface area contributed by atoms with Gasteiger partial charge < -0.3 is 14.8 Å². The monoisotopic (exact) mass is 381 g/mol. The van der Waals surface area contributed by atoms with Crippen LogP contribution in [0, 0.1) is 0 Å². The molecular formula is C18H18F3N3O3. The zero-order chi connectivity index (χ0) is 19.0. The van der Waals surface area contributed by atoms with E-state index in [1.54, 1.807) is 18.2 Å². The number of nitrogens with zero attached hydrogens (tertiary/aromatic N) is 2. The van der Waals surface area contributed by atoms with Crippen molar-refractivity contribution in [1.82, 2.24) is 15.1 Å². The van der Waals surface area contributed by atoms with Gasteiger partial charge in [0.15, 0.2) is 17.2 Å².